The standard InChI is InChI=1S/C26H26N2O4/c1-19-18-28(26(30)20-9-4-3-5-10-20)24-14-7-6-13-23(24)27(25(19)29)15-16-32-22-12-8-11-21(17-22)31-2/h3-14,17,19H,15-16,18H2,1-2H3. The Morgan fingerprint density at radius 2 is 1.62 bits per heavy atom. The van der Waals surface area contributed by atoms with E-state index in [2.05, 4.69) is 0 Å². The molecule has 6 heteroatoms. The lowest BCUT2D eigenvalue weighted by Gasteiger charge is -2.25. The summed E-state index contributed by atoms with van der Waals surface area (Å²) >= 11 is 0. The summed E-state index contributed by atoms with van der Waals surface area (Å²) in [6.07, 6.45) is 0. The maximum Gasteiger partial charge on any atom is 0.258 e. The van der Waals surface area contributed by atoms with Crippen LogP contribution in [-0.2, 0) is 4.79 Å². The third-order valence-corrected chi connectivity index (χ3v) is 5.50. The van der Waals surface area contributed by atoms with Crippen LogP contribution in [-0.4, -0.2) is 38.6 Å². The Bertz CT molecular complexity index is 1100. The highest BCUT2D eigenvalue weighted by molar-refractivity contribution is 6.11. The minimum Gasteiger partial charge on any atom is -0.497 e. The second-order valence-electron chi connectivity index (χ2n) is 7.69. The molecule has 0 radical (unpaired) electrons. The first-order valence-corrected chi connectivity index (χ1v) is 10.6. The number of carbonyl (C=O) groups is 2. The molecule has 0 aromatic heterocycles. The number of methoxy groups -OCH3 is 1. The normalized spacial score (nSPS) is 15.7. The summed E-state index contributed by atoms with van der Waals surface area (Å²) in [7, 11) is 1.61. The number of para-hydroxylation sites is 2. The molecule has 0 saturated heterocycles. The molecule has 1 aliphatic heterocycles. The van der Waals surface area contributed by atoms with E-state index in [1.54, 1.807) is 35.1 Å². The predicted octanol–water partition coefficient (Wildman–Crippen LogP) is 4.40. The number of amides is 2. The van der Waals surface area contributed by atoms with Crippen LogP contribution in [0, 0.1) is 5.92 Å². The molecule has 3 aromatic carbocycles. The van der Waals surface area contributed by atoms with Gasteiger partial charge in [0.05, 0.1) is 30.9 Å². The summed E-state index contributed by atoms with van der Waals surface area (Å²) in [5.41, 5.74) is 2.03. The third kappa shape index (κ3) is 4.44. The smallest absolute Gasteiger partial charge is 0.258 e. The second-order valence-corrected chi connectivity index (χ2v) is 7.69. The van der Waals surface area contributed by atoms with Gasteiger partial charge in [-0.25, -0.2) is 0 Å². The first kappa shape index (κ1) is 21.4. The Morgan fingerprint density at radius 1 is 0.938 bits per heavy atom. The zero-order valence-electron chi connectivity index (χ0n) is 18.2. The van der Waals surface area contributed by atoms with Crippen molar-refractivity contribution >= 4 is 23.2 Å². The Balaban J connectivity index is 1.59. The average Bonchev–Trinajstić information content (AvgIpc) is 2.94. The van der Waals surface area contributed by atoms with E-state index in [-0.39, 0.29) is 17.7 Å². The number of fused-ring (bicyclic) bond motifs is 1. The number of anilines is 2. The molecule has 1 unspecified atom stereocenters. The summed E-state index contributed by atoms with van der Waals surface area (Å²) in [5.74, 6) is 0.880. The number of benzene rings is 3. The first-order valence-electron chi connectivity index (χ1n) is 10.6. The Labute approximate surface area is 188 Å². The molecule has 1 aliphatic rings. The average molecular weight is 431 g/mol. The van der Waals surface area contributed by atoms with Gasteiger partial charge in [-0.3, -0.25) is 9.59 Å². The quantitative estimate of drug-likeness (QED) is 0.582. The van der Waals surface area contributed by atoms with Crippen molar-refractivity contribution in [3.05, 3.63) is 84.4 Å². The summed E-state index contributed by atoms with van der Waals surface area (Å²) in [5, 5.41) is 0. The van der Waals surface area contributed by atoms with Crippen LogP contribution in [0.5, 0.6) is 11.5 Å². The van der Waals surface area contributed by atoms with Gasteiger partial charge in [-0.15, -0.1) is 0 Å². The summed E-state index contributed by atoms with van der Waals surface area (Å²) < 4.78 is 11.1. The van der Waals surface area contributed by atoms with E-state index in [1.165, 1.54) is 0 Å². The van der Waals surface area contributed by atoms with Crippen molar-refractivity contribution < 1.29 is 19.1 Å². The molecule has 0 aliphatic carbocycles. The number of nitrogens with zero attached hydrogens (tertiary/aromatic N) is 2. The number of ether oxygens (including phenoxy) is 2. The molecule has 0 spiro atoms. The van der Waals surface area contributed by atoms with Crippen molar-refractivity contribution in [2.75, 3.05) is 36.6 Å². The van der Waals surface area contributed by atoms with E-state index in [4.69, 9.17) is 9.47 Å². The minimum absolute atomic E-state index is 0.0324. The van der Waals surface area contributed by atoms with Gasteiger partial charge in [-0.05, 0) is 36.4 Å². The SMILES string of the molecule is COc1cccc(OCCN2C(=O)C(C)CN(C(=O)c3ccccc3)c3ccccc32)c1. The summed E-state index contributed by atoms with van der Waals surface area (Å²) in [4.78, 5) is 30.0. The first-order chi connectivity index (χ1) is 15.6. The van der Waals surface area contributed by atoms with Crippen molar-refractivity contribution in [2.45, 2.75) is 6.92 Å². The number of rotatable bonds is 6. The van der Waals surface area contributed by atoms with Gasteiger partial charge in [0.25, 0.3) is 5.91 Å². The fourth-order valence-corrected chi connectivity index (χ4v) is 3.86. The van der Waals surface area contributed by atoms with Gasteiger partial charge < -0.3 is 19.3 Å². The molecule has 6 nitrogen and oxygen atoms in total. The van der Waals surface area contributed by atoms with E-state index in [1.807, 2.05) is 67.6 Å². The van der Waals surface area contributed by atoms with E-state index in [0.29, 0.717) is 42.4 Å². The predicted molar refractivity (Wildman–Crippen MR) is 125 cm³/mol. The van der Waals surface area contributed by atoms with Crippen LogP contribution in [0.1, 0.15) is 17.3 Å². The lowest BCUT2D eigenvalue weighted by atomic mass is 10.1. The van der Waals surface area contributed by atoms with Crippen LogP contribution in [0.2, 0.25) is 0 Å². The van der Waals surface area contributed by atoms with Crippen LogP contribution in [0.25, 0.3) is 0 Å². The van der Waals surface area contributed by atoms with Gasteiger partial charge in [0.1, 0.15) is 18.1 Å². The fourth-order valence-electron chi connectivity index (χ4n) is 3.86. The number of hydrogen-bond donors (Lipinski definition) is 0. The van der Waals surface area contributed by atoms with Gasteiger partial charge in [0, 0.05) is 18.2 Å². The van der Waals surface area contributed by atoms with Gasteiger partial charge in [-0.2, -0.15) is 0 Å². The van der Waals surface area contributed by atoms with Crippen molar-refractivity contribution in [2.24, 2.45) is 5.92 Å². The highest BCUT2D eigenvalue weighted by Gasteiger charge is 2.33. The van der Waals surface area contributed by atoms with Crippen molar-refractivity contribution in [1.82, 2.24) is 0 Å². The molecule has 1 atom stereocenters. The molecule has 0 saturated carbocycles. The monoisotopic (exact) mass is 430 g/mol. The topological polar surface area (TPSA) is 59.1 Å². The molecule has 2 amide bonds. The van der Waals surface area contributed by atoms with E-state index < -0.39 is 0 Å². The van der Waals surface area contributed by atoms with E-state index >= 15 is 0 Å². The minimum atomic E-state index is -0.355. The van der Waals surface area contributed by atoms with Gasteiger partial charge >= 0.3 is 0 Å². The van der Waals surface area contributed by atoms with Crippen molar-refractivity contribution in [3.63, 3.8) is 0 Å². The largest absolute Gasteiger partial charge is 0.497 e. The van der Waals surface area contributed by atoms with Crippen LogP contribution in [0.4, 0.5) is 11.4 Å². The molecule has 32 heavy (non-hydrogen) atoms. The van der Waals surface area contributed by atoms with Crippen molar-refractivity contribution in [1.29, 1.82) is 0 Å². The number of carbonyl (C=O) groups excluding carboxylic acids is 2. The van der Waals surface area contributed by atoms with E-state index in [9.17, 15) is 9.59 Å². The number of hydrogen-bond acceptors (Lipinski definition) is 4. The molecular formula is C26H26N2O4. The maximum atomic E-state index is 13.3. The molecule has 164 valence electrons. The van der Waals surface area contributed by atoms with Gasteiger partial charge in [0.15, 0.2) is 0 Å². The lowest BCUT2D eigenvalue weighted by Crippen LogP contribution is -2.39. The van der Waals surface area contributed by atoms with Crippen LogP contribution >= 0.6 is 0 Å². The molecule has 0 bridgehead atoms. The molecule has 4 rings (SSSR count). The molecular weight excluding hydrogens is 404 g/mol. The van der Waals surface area contributed by atoms with Gasteiger partial charge in [0.2, 0.25) is 5.91 Å². The maximum absolute atomic E-state index is 13.3. The second kappa shape index (κ2) is 9.56. The lowest BCUT2D eigenvalue weighted by molar-refractivity contribution is -0.121. The zero-order chi connectivity index (χ0) is 22.5. The van der Waals surface area contributed by atoms with Gasteiger partial charge in [-0.1, -0.05) is 43.3 Å². The Morgan fingerprint density at radius 3 is 2.38 bits per heavy atom. The fraction of sp³-hybridized carbons (Fsp3) is 0.231. The molecule has 0 fully saturated rings. The summed E-state index contributed by atoms with van der Waals surface area (Å²) in [6.45, 7) is 2.85. The van der Waals surface area contributed by atoms with Crippen LogP contribution in [0.3, 0.4) is 0 Å². The van der Waals surface area contributed by atoms with E-state index in [0.717, 1.165) is 5.69 Å². The molecule has 0 N–H and O–H groups in total. The highest BCUT2D eigenvalue weighted by Crippen LogP contribution is 2.35. The van der Waals surface area contributed by atoms with Crippen molar-refractivity contribution in [3.8, 4) is 11.5 Å². The third-order valence-electron chi connectivity index (χ3n) is 5.50. The Kier molecular flexibility index (Phi) is 6.40. The Hall–Kier alpha value is -3.80. The van der Waals surface area contributed by atoms with Crippen LogP contribution < -0.4 is 19.3 Å². The van der Waals surface area contributed by atoms with Crippen LogP contribution in [0.15, 0.2) is 78.9 Å². The molecule has 1 heterocycles. The summed E-state index contributed by atoms with van der Waals surface area (Å²) in [6, 6.07) is 24.0. The zero-order valence-corrected chi connectivity index (χ0v) is 18.2. The highest BCUT2D eigenvalue weighted by atomic mass is 16.5. The molecule has 3 aromatic rings.